The number of Topliss-reactive ketones (excluding diaryl/α,β-unsaturated/α-hetero) is 2. The zero-order valence-electron chi connectivity index (χ0n) is 15.5. The molecule has 0 aliphatic heterocycles. The van der Waals surface area contributed by atoms with Crippen molar-refractivity contribution in [3.05, 3.63) is 65.5 Å². The lowest BCUT2D eigenvalue weighted by molar-refractivity contribution is -0.153. The topological polar surface area (TPSA) is 89.5 Å². The number of amides is 1. The van der Waals surface area contributed by atoms with Crippen LogP contribution in [0.25, 0.3) is 0 Å². The normalized spacial score (nSPS) is 11.4. The van der Waals surface area contributed by atoms with Crippen LogP contribution in [0.15, 0.2) is 48.5 Å². The van der Waals surface area contributed by atoms with E-state index in [1.54, 1.807) is 18.2 Å². The fourth-order valence-corrected chi connectivity index (χ4v) is 2.37. The molecule has 28 heavy (non-hydrogen) atoms. The molecule has 7 heteroatoms. The molecule has 0 saturated heterocycles. The van der Waals surface area contributed by atoms with Gasteiger partial charge in [-0.25, -0.2) is 4.39 Å². The highest BCUT2D eigenvalue weighted by Crippen LogP contribution is 2.13. The Balaban J connectivity index is 1.83. The number of anilines is 1. The van der Waals surface area contributed by atoms with E-state index in [1.165, 1.54) is 44.2 Å². The molecule has 0 heterocycles. The third kappa shape index (κ3) is 6.12. The molecular formula is C21H20FNO5. The second-order valence-corrected chi connectivity index (χ2v) is 6.19. The first kappa shape index (κ1) is 21.0. The van der Waals surface area contributed by atoms with Crippen molar-refractivity contribution < 1.29 is 28.3 Å². The predicted octanol–water partition coefficient (Wildman–Crippen LogP) is 3.56. The number of benzene rings is 2. The van der Waals surface area contributed by atoms with Crippen molar-refractivity contribution in [2.45, 2.75) is 32.8 Å². The van der Waals surface area contributed by atoms with Crippen LogP contribution < -0.4 is 5.32 Å². The second kappa shape index (κ2) is 9.55. The molecular weight excluding hydrogens is 365 g/mol. The summed E-state index contributed by atoms with van der Waals surface area (Å²) in [6.45, 7) is 2.82. The highest BCUT2D eigenvalue weighted by atomic mass is 19.1. The summed E-state index contributed by atoms with van der Waals surface area (Å²) in [5.41, 5.74) is 1.15. The zero-order valence-corrected chi connectivity index (χ0v) is 15.5. The summed E-state index contributed by atoms with van der Waals surface area (Å²) < 4.78 is 17.9. The standard InChI is InChI=1S/C21H20FNO5/c1-13(24)16-4-3-5-18(12-16)23-21(27)14(2)28-20(26)11-10-19(25)15-6-8-17(22)9-7-15/h3-9,12,14H,10-11H2,1-2H3,(H,23,27). The van der Waals surface area contributed by atoms with Crippen LogP contribution in [0.3, 0.4) is 0 Å². The summed E-state index contributed by atoms with van der Waals surface area (Å²) in [7, 11) is 0. The number of hydrogen-bond acceptors (Lipinski definition) is 5. The summed E-state index contributed by atoms with van der Waals surface area (Å²) in [6, 6.07) is 11.4. The largest absolute Gasteiger partial charge is 0.453 e. The third-order valence-corrected chi connectivity index (χ3v) is 3.94. The Kier molecular flexibility index (Phi) is 7.14. The van der Waals surface area contributed by atoms with Crippen molar-refractivity contribution in [3.63, 3.8) is 0 Å². The van der Waals surface area contributed by atoms with E-state index in [-0.39, 0.29) is 24.4 Å². The first-order valence-electron chi connectivity index (χ1n) is 8.66. The molecule has 1 unspecified atom stereocenters. The van der Waals surface area contributed by atoms with Gasteiger partial charge in [0.2, 0.25) is 0 Å². The molecule has 0 radical (unpaired) electrons. The zero-order chi connectivity index (χ0) is 20.7. The van der Waals surface area contributed by atoms with Crippen molar-refractivity contribution in [1.29, 1.82) is 0 Å². The van der Waals surface area contributed by atoms with E-state index in [4.69, 9.17) is 4.74 Å². The molecule has 0 bridgehead atoms. The molecule has 2 rings (SSSR count). The van der Waals surface area contributed by atoms with Gasteiger partial charge >= 0.3 is 5.97 Å². The molecule has 2 aromatic rings. The quantitative estimate of drug-likeness (QED) is 0.554. The summed E-state index contributed by atoms with van der Waals surface area (Å²) in [4.78, 5) is 47.4. The molecule has 0 spiro atoms. The average molecular weight is 385 g/mol. The van der Waals surface area contributed by atoms with Gasteiger partial charge in [-0.1, -0.05) is 12.1 Å². The molecule has 0 fully saturated rings. The van der Waals surface area contributed by atoms with Crippen LogP contribution in [0.4, 0.5) is 10.1 Å². The number of carbonyl (C=O) groups is 4. The molecule has 6 nitrogen and oxygen atoms in total. The van der Waals surface area contributed by atoms with Crippen molar-refractivity contribution in [3.8, 4) is 0 Å². The molecule has 0 saturated carbocycles. The maximum absolute atomic E-state index is 12.9. The number of hydrogen-bond donors (Lipinski definition) is 1. The van der Waals surface area contributed by atoms with Gasteiger partial charge in [0.1, 0.15) is 5.82 Å². The van der Waals surface area contributed by atoms with Gasteiger partial charge < -0.3 is 10.1 Å². The number of halogens is 1. The van der Waals surface area contributed by atoms with E-state index < -0.39 is 23.8 Å². The number of carbonyl (C=O) groups excluding carboxylic acids is 4. The Hall–Kier alpha value is -3.35. The van der Waals surface area contributed by atoms with Crippen LogP contribution in [0.2, 0.25) is 0 Å². The lowest BCUT2D eigenvalue weighted by Crippen LogP contribution is -2.30. The van der Waals surface area contributed by atoms with Crippen molar-refractivity contribution in [2.24, 2.45) is 0 Å². The van der Waals surface area contributed by atoms with Crippen LogP contribution in [0, 0.1) is 5.82 Å². The SMILES string of the molecule is CC(=O)c1cccc(NC(=O)C(C)OC(=O)CCC(=O)c2ccc(F)cc2)c1. The molecule has 1 N–H and O–H groups in total. The van der Waals surface area contributed by atoms with Gasteiger partial charge in [0.15, 0.2) is 17.7 Å². The first-order chi connectivity index (χ1) is 13.3. The number of ether oxygens (including phenoxy) is 1. The van der Waals surface area contributed by atoms with Crippen LogP contribution in [0.5, 0.6) is 0 Å². The Morgan fingerprint density at radius 2 is 1.68 bits per heavy atom. The molecule has 2 aromatic carbocycles. The number of nitrogens with one attached hydrogen (secondary N) is 1. The number of esters is 1. The third-order valence-electron chi connectivity index (χ3n) is 3.94. The lowest BCUT2D eigenvalue weighted by atomic mass is 10.1. The van der Waals surface area contributed by atoms with E-state index in [0.717, 1.165) is 0 Å². The van der Waals surface area contributed by atoms with Crippen LogP contribution in [-0.4, -0.2) is 29.5 Å². The Labute approximate surface area is 161 Å². The van der Waals surface area contributed by atoms with Gasteiger partial charge in [0, 0.05) is 23.2 Å². The summed E-state index contributed by atoms with van der Waals surface area (Å²) in [5.74, 6) is -2.17. The second-order valence-electron chi connectivity index (χ2n) is 6.19. The lowest BCUT2D eigenvalue weighted by Gasteiger charge is -2.14. The highest BCUT2D eigenvalue weighted by Gasteiger charge is 2.19. The van der Waals surface area contributed by atoms with Crippen LogP contribution in [-0.2, 0) is 14.3 Å². The van der Waals surface area contributed by atoms with E-state index >= 15 is 0 Å². The Morgan fingerprint density at radius 3 is 2.32 bits per heavy atom. The summed E-state index contributed by atoms with van der Waals surface area (Å²) in [5, 5.41) is 2.57. The van der Waals surface area contributed by atoms with E-state index in [0.29, 0.717) is 16.8 Å². The van der Waals surface area contributed by atoms with Gasteiger partial charge in [0.05, 0.1) is 6.42 Å². The van der Waals surface area contributed by atoms with Gasteiger partial charge in [-0.2, -0.15) is 0 Å². The average Bonchev–Trinajstić information content (AvgIpc) is 2.66. The molecule has 1 amide bonds. The van der Waals surface area contributed by atoms with E-state index in [9.17, 15) is 23.6 Å². The number of rotatable bonds is 8. The highest BCUT2D eigenvalue weighted by molar-refractivity contribution is 5.99. The minimum Gasteiger partial charge on any atom is -0.453 e. The molecule has 1 atom stereocenters. The maximum Gasteiger partial charge on any atom is 0.307 e. The van der Waals surface area contributed by atoms with Crippen molar-refractivity contribution >= 4 is 29.1 Å². The fourth-order valence-electron chi connectivity index (χ4n) is 2.37. The monoisotopic (exact) mass is 385 g/mol. The van der Waals surface area contributed by atoms with Crippen molar-refractivity contribution in [2.75, 3.05) is 5.32 Å². The number of ketones is 2. The molecule has 146 valence electrons. The summed E-state index contributed by atoms with van der Waals surface area (Å²) in [6.07, 6.45) is -1.39. The Morgan fingerprint density at radius 1 is 1.00 bits per heavy atom. The van der Waals surface area contributed by atoms with Gasteiger partial charge in [0.25, 0.3) is 5.91 Å². The Bertz CT molecular complexity index is 892. The van der Waals surface area contributed by atoms with Crippen LogP contribution in [0.1, 0.15) is 47.4 Å². The smallest absolute Gasteiger partial charge is 0.307 e. The van der Waals surface area contributed by atoms with Crippen molar-refractivity contribution in [1.82, 2.24) is 0 Å². The summed E-state index contributed by atoms with van der Waals surface area (Å²) >= 11 is 0. The van der Waals surface area contributed by atoms with E-state index in [1.807, 2.05) is 0 Å². The van der Waals surface area contributed by atoms with Gasteiger partial charge in [-0.05, 0) is 50.2 Å². The predicted molar refractivity (Wildman–Crippen MR) is 101 cm³/mol. The van der Waals surface area contributed by atoms with E-state index in [2.05, 4.69) is 5.32 Å². The molecule has 0 aliphatic rings. The minimum atomic E-state index is -1.07. The van der Waals surface area contributed by atoms with Gasteiger partial charge in [-0.3, -0.25) is 19.2 Å². The maximum atomic E-state index is 12.9. The fraction of sp³-hybridized carbons (Fsp3) is 0.238. The van der Waals surface area contributed by atoms with Gasteiger partial charge in [-0.15, -0.1) is 0 Å². The minimum absolute atomic E-state index is 0.112. The first-order valence-corrected chi connectivity index (χ1v) is 8.66. The van der Waals surface area contributed by atoms with Crippen LogP contribution >= 0.6 is 0 Å². The molecule has 0 aliphatic carbocycles. The molecule has 0 aromatic heterocycles.